The molecule has 9 heteroatoms. The Balaban J connectivity index is 0.00000264. The molecule has 1 aliphatic heterocycles. The van der Waals surface area contributed by atoms with Crippen molar-refractivity contribution in [3.63, 3.8) is 0 Å². The van der Waals surface area contributed by atoms with Gasteiger partial charge in [0.1, 0.15) is 0 Å². The molecule has 0 saturated carbocycles. The third-order valence-electron chi connectivity index (χ3n) is 3.93. The van der Waals surface area contributed by atoms with Gasteiger partial charge in [-0.1, -0.05) is 0 Å². The van der Waals surface area contributed by atoms with E-state index in [0.717, 1.165) is 31.5 Å². The molecule has 0 aliphatic carbocycles. The first-order valence-corrected chi connectivity index (χ1v) is 8.78. The summed E-state index contributed by atoms with van der Waals surface area (Å²) in [6.45, 7) is 1.67. The van der Waals surface area contributed by atoms with Crippen molar-refractivity contribution in [1.82, 2.24) is 15.2 Å². The van der Waals surface area contributed by atoms with E-state index in [1.165, 1.54) is 0 Å². The van der Waals surface area contributed by atoms with Crippen molar-refractivity contribution in [3.05, 3.63) is 16.6 Å². The third-order valence-corrected chi connectivity index (χ3v) is 4.57. The summed E-state index contributed by atoms with van der Waals surface area (Å²) >= 11 is 1.55. The number of carbonyl (C=O) groups is 2. The Morgan fingerprint density at radius 1 is 1.33 bits per heavy atom. The Labute approximate surface area is 159 Å². The summed E-state index contributed by atoms with van der Waals surface area (Å²) in [7, 11) is 0. The van der Waals surface area contributed by atoms with Gasteiger partial charge in [-0.25, -0.2) is 4.98 Å². The maximum absolute atomic E-state index is 12.4. The van der Waals surface area contributed by atoms with Gasteiger partial charge >= 0.3 is 0 Å². The van der Waals surface area contributed by atoms with E-state index in [-0.39, 0.29) is 42.7 Å². The standard InChI is InChI=1S/C15H24N4O2S.2ClH/c16-7-6-14(20)17-9-13-3-1-2-8-19(13)15(21)5-4-12-10-22-11-18-12;;/h10-11,13H,1-9,16H2,(H,17,20);2*1H. The van der Waals surface area contributed by atoms with Crippen LogP contribution in [0.3, 0.4) is 0 Å². The summed E-state index contributed by atoms with van der Waals surface area (Å²) in [5, 5.41) is 4.86. The molecule has 0 bridgehead atoms. The zero-order valence-electron chi connectivity index (χ0n) is 13.6. The number of halogens is 2. The predicted octanol–water partition coefficient (Wildman–Crippen LogP) is 1.77. The minimum atomic E-state index is -0.0389. The number of aromatic nitrogens is 1. The molecule has 2 rings (SSSR count). The maximum atomic E-state index is 12.4. The van der Waals surface area contributed by atoms with Crippen LogP contribution in [0.1, 0.15) is 37.8 Å². The number of aryl methyl sites for hydroxylation is 1. The number of nitrogens with one attached hydrogen (secondary N) is 1. The van der Waals surface area contributed by atoms with Crippen molar-refractivity contribution in [1.29, 1.82) is 0 Å². The number of thiazole rings is 1. The number of rotatable bonds is 7. The predicted molar refractivity (Wildman–Crippen MR) is 101 cm³/mol. The van der Waals surface area contributed by atoms with Crippen LogP contribution in [-0.2, 0) is 16.0 Å². The lowest BCUT2D eigenvalue weighted by atomic mass is 10.0. The molecule has 2 amide bonds. The highest BCUT2D eigenvalue weighted by atomic mass is 35.5. The molecular formula is C15H26Cl2N4O2S. The molecule has 0 radical (unpaired) electrons. The topological polar surface area (TPSA) is 88.3 Å². The summed E-state index contributed by atoms with van der Waals surface area (Å²) < 4.78 is 0. The van der Waals surface area contributed by atoms with Crippen LogP contribution in [0.4, 0.5) is 0 Å². The molecule has 24 heavy (non-hydrogen) atoms. The monoisotopic (exact) mass is 396 g/mol. The molecule has 1 aliphatic rings. The lowest BCUT2D eigenvalue weighted by molar-refractivity contribution is -0.135. The zero-order valence-corrected chi connectivity index (χ0v) is 16.1. The first-order chi connectivity index (χ1) is 10.7. The Morgan fingerprint density at radius 2 is 2.12 bits per heavy atom. The van der Waals surface area contributed by atoms with Crippen molar-refractivity contribution < 1.29 is 9.59 Å². The van der Waals surface area contributed by atoms with Crippen LogP contribution in [0, 0.1) is 0 Å². The molecular weight excluding hydrogens is 371 g/mol. The summed E-state index contributed by atoms with van der Waals surface area (Å²) in [5.74, 6) is 0.119. The first kappa shape index (κ1) is 23.1. The van der Waals surface area contributed by atoms with E-state index in [4.69, 9.17) is 5.73 Å². The molecule has 0 spiro atoms. The van der Waals surface area contributed by atoms with Gasteiger partial charge in [-0.2, -0.15) is 0 Å². The highest BCUT2D eigenvalue weighted by molar-refractivity contribution is 7.07. The van der Waals surface area contributed by atoms with E-state index in [1.807, 2.05) is 10.3 Å². The van der Waals surface area contributed by atoms with Gasteiger partial charge in [0.2, 0.25) is 11.8 Å². The van der Waals surface area contributed by atoms with Crippen LogP contribution in [0.15, 0.2) is 10.9 Å². The molecule has 3 N–H and O–H groups in total. The van der Waals surface area contributed by atoms with Crippen molar-refractivity contribution in [2.24, 2.45) is 5.73 Å². The van der Waals surface area contributed by atoms with Gasteiger partial charge < -0.3 is 16.0 Å². The zero-order chi connectivity index (χ0) is 15.8. The SMILES string of the molecule is Cl.Cl.NCCC(=O)NCC1CCCCN1C(=O)CCc1cscn1. The average Bonchev–Trinajstić information content (AvgIpc) is 3.04. The molecule has 1 aromatic rings. The molecule has 1 unspecified atom stereocenters. The quantitative estimate of drug-likeness (QED) is 0.734. The van der Waals surface area contributed by atoms with Gasteiger partial charge in [-0.15, -0.1) is 36.2 Å². The van der Waals surface area contributed by atoms with Crippen molar-refractivity contribution in [3.8, 4) is 0 Å². The minimum Gasteiger partial charge on any atom is -0.354 e. The van der Waals surface area contributed by atoms with Crippen LogP contribution in [0.2, 0.25) is 0 Å². The Morgan fingerprint density at radius 3 is 2.79 bits per heavy atom. The van der Waals surface area contributed by atoms with Crippen LogP contribution in [0.25, 0.3) is 0 Å². The lowest BCUT2D eigenvalue weighted by Gasteiger charge is -2.36. The van der Waals surface area contributed by atoms with Crippen molar-refractivity contribution in [2.75, 3.05) is 19.6 Å². The lowest BCUT2D eigenvalue weighted by Crippen LogP contribution is -2.49. The van der Waals surface area contributed by atoms with E-state index in [9.17, 15) is 9.59 Å². The van der Waals surface area contributed by atoms with Gasteiger partial charge in [-0.05, 0) is 25.7 Å². The Hall–Kier alpha value is -0.890. The van der Waals surface area contributed by atoms with Crippen LogP contribution < -0.4 is 11.1 Å². The smallest absolute Gasteiger partial charge is 0.223 e. The van der Waals surface area contributed by atoms with Crippen LogP contribution >= 0.6 is 36.2 Å². The molecule has 2 heterocycles. The number of hydrogen-bond acceptors (Lipinski definition) is 5. The van der Waals surface area contributed by atoms with E-state index < -0.39 is 0 Å². The number of amides is 2. The number of piperidine rings is 1. The van der Waals surface area contributed by atoms with E-state index in [0.29, 0.717) is 32.4 Å². The molecule has 1 fully saturated rings. The number of hydrogen-bond donors (Lipinski definition) is 2. The Kier molecular flexibility index (Phi) is 12.0. The second-order valence-electron chi connectivity index (χ2n) is 5.56. The van der Waals surface area contributed by atoms with Crippen LogP contribution in [-0.4, -0.2) is 47.4 Å². The normalized spacial score (nSPS) is 16.7. The summed E-state index contributed by atoms with van der Waals surface area (Å²) in [4.78, 5) is 30.1. The fourth-order valence-corrected chi connectivity index (χ4v) is 3.32. The van der Waals surface area contributed by atoms with Crippen molar-refractivity contribution in [2.45, 2.75) is 44.6 Å². The number of nitrogens with zero attached hydrogens (tertiary/aromatic N) is 2. The summed E-state index contributed by atoms with van der Waals surface area (Å²) in [5.41, 5.74) is 8.13. The fraction of sp³-hybridized carbons (Fsp3) is 0.667. The third kappa shape index (κ3) is 7.34. The van der Waals surface area contributed by atoms with E-state index >= 15 is 0 Å². The molecule has 1 aromatic heterocycles. The molecule has 0 aromatic carbocycles. The van der Waals surface area contributed by atoms with E-state index in [2.05, 4.69) is 10.3 Å². The highest BCUT2D eigenvalue weighted by Crippen LogP contribution is 2.18. The van der Waals surface area contributed by atoms with Gasteiger partial charge in [0.15, 0.2) is 0 Å². The fourth-order valence-electron chi connectivity index (χ4n) is 2.73. The second-order valence-corrected chi connectivity index (χ2v) is 6.28. The van der Waals surface area contributed by atoms with Gasteiger partial charge in [0, 0.05) is 43.9 Å². The Bertz CT molecular complexity index is 488. The average molecular weight is 397 g/mol. The number of carbonyl (C=O) groups excluding carboxylic acids is 2. The van der Waals surface area contributed by atoms with Crippen molar-refractivity contribution >= 4 is 48.0 Å². The van der Waals surface area contributed by atoms with Gasteiger partial charge in [0.25, 0.3) is 0 Å². The largest absolute Gasteiger partial charge is 0.354 e. The van der Waals surface area contributed by atoms with E-state index in [1.54, 1.807) is 16.8 Å². The second kappa shape index (κ2) is 12.5. The molecule has 6 nitrogen and oxygen atoms in total. The summed E-state index contributed by atoms with van der Waals surface area (Å²) in [6, 6.07) is 0.110. The number of likely N-dealkylation sites (tertiary alicyclic amines) is 1. The molecule has 138 valence electrons. The molecule has 1 saturated heterocycles. The first-order valence-electron chi connectivity index (χ1n) is 7.84. The summed E-state index contributed by atoms with van der Waals surface area (Å²) in [6.07, 6.45) is 4.60. The van der Waals surface area contributed by atoms with Crippen LogP contribution in [0.5, 0.6) is 0 Å². The van der Waals surface area contributed by atoms with Gasteiger partial charge in [-0.3, -0.25) is 9.59 Å². The minimum absolute atomic E-state index is 0. The molecule has 1 atom stereocenters. The maximum Gasteiger partial charge on any atom is 0.223 e. The highest BCUT2D eigenvalue weighted by Gasteiger charge is 2.26. The number of nitrogens with two attached hydrogens (primary N) is 1. The van der Waals surface area contributed by atoms with Gasteiger partial charge in [0.05, 0.1) is 11.2 Å².